The van der Waals surface area contributed by atoms with Crippen LogP contribution in [0.4, 0.5) is 8.78 Å². The summed E-state index contributed by atoms with van der Waals surface area (Å²) >= 11 is 0. The van der Waals surface area contributed by atoms with Gasteiger partial charge in [-0.15, -0.1) is 0 Å². The van der Waals surface area contributed by atoms with Crippen molar-refractivity contribution in [2.24, 2.45) is 0 Å². The highest BCUT2D eigenvalue weighted by Gasteiger charge is 2.35. The summed E-state index contributed by atoms with van der Waals surface area (Å²) in [6, 6.07) is 6.56. The second-order valence-electron chi connectivity index (χ2n) is 4.70. The van der Waals surface area contributed by atoms with E-state index in [-0.39, 0.29) is 18.4 Å². The third-order valence-electron chi connectivity index (χ3n) is 3.23. The molecule has 21 heavy (non-hydrogen) atoms. The van der Waals surface area contributed by atoms with Crippen LogP contribution in [0.5, 0.6) is 0 Å². The van der Waals surface area contributed by atoms with Gasteiger partial charge in [0, 0.05) is 11.8 Å². The van der Waals surface area contributed by atoms with E-state index in [1.807, 2.05) is 0 Å². The monoisotopic (exact) mass is 291 g/mol. The van der Waals surface area contributed by atoms with Gasteiger partial charge in [-0.3, -0.25) is 19.2 Å². The van der Waals surface area contributed by atoms with Crippen LogP contribution in [0.2, 0.25) is 0 Å². The number of aromatic nitrogens is 2. The Morgan fingerprint density at radius 2 is 1.71 bits per heavy atom. The third-order valence-corrected chi connectivity index (χ3v) is 3.23. The molecule has 7 heteroatoms. The zero-order valence-electron chi connectivity index (χ0n) is 10.9. The Morgan fingerprint density at radius 3 is 2.29 bits per heavy atom. The fourth-order valence-electron chi connectivity index (χ4n) is 2.29. The Balaban J connectivity index is 1.79. The fraction of sp³-hybridized carbons (Fsp3) is 0.214. The first kappa shape index (κ1) is 13.4. The third kappa shape index (κ3) is 2.42. The molecule has 5 nitrogen and oxygen atoms in total. The summed E-state index contributed by atoms with van der Waals surface area (Å²) in [5, 5.41) is 3.79. The van der Waals surface area contributed by atoms with Crippen molar-refractivity contribution in [1.29, 1.82) is 0 Å². The molecule has 1 aliphatic rings. The van der Waals surface area contributed by atoms with E-state index in [2.05, 4.69) is 5.10 Å². The average molecular weight is 291 g/mol. The molecule has 3 rings (SSSR count). The van der Waals surface area contributed by atoms with Gasteiger partial charge in [0.1, 0.15) is 6.54 Å². The highest BCUT2D eigenvalue weighted by molar-refractivity contribution is 6.21. The molecule has 2 amide bonds. The molecule has 0 saturated heterocycles. The number of carbonyl (C=O) groups excluding carboxylic acids is 2. The Kier molecular flexibility index (Phi) is 3.25. The highest BCUT2D eigenvalue weighted by atomic mass is 19.3. The van der Waals surface area contributed by atoms with Crippen molar-refractivity contribution in [1.82, 2.24) is 14.7 Å². The minimum atomic E-state index is -2.50. The summed E-state index contributed by atoms with van der Waals surface area (Å²) in [7, 11) is 0. The number of halogens is 2. The number of amides is 2. The standard InChI is InChI=1S/C14H11F2N3O2/c15-12(16)8-18-6-9(5-17-18)7-19-13(20)10-3-1-2-4-11(10)14(19)21/h1-6,12H,7-8H2. The summed E-state index contributed by atoms with van der Waals surface area (Å²) in [5.74, 6) is -0.755. The van der Waals surface area contributed by atoms with Gasteiger partial charge < -0.3 is 0 Å². The van der Waals surface area contributed by atoms with Gasteiger partial charge in [-0.05, 0) is 12.1 Å². The van der Waals surface area contributed by atoms with Crippen molar-refractivity contribution in [3.05, 3.63) is 53.3 Å². The molecule has 0 saturated carbocycles. The zero-order chi connectivity index (χ0) is 15.0. The molecule has 0 atom stereocenters. The van der Waals surface area contributed by atoms with Crippen LogP contribution >= 0.6 is 0 Å². The lowest BCUT2D eigenvalue weighted by atomic mass is 10.1. The van der Waals surface area contributed by atoms with Crippen LogP contribution in [0.25, 0.3) is 0 Å². The number of fused-ring (bicyclic) bond motifs is 1. The molecule has 0 N–H and O–H groups in total. The first-order chi connectivity index (χ1) is 10.1. The van der Waals surface area contributed by atoms with Crippen LogP contribution in [-0.2, 0) is 13.1 Å². The van der Waals surface area contributed by atoms with Crippen LogP contribution in [-0.4, -0.2) is 32.9 Å². The van der Waals surface area contributed by atoms with Crippen molar-refractivity contribution in [3.8, 4) is 0 Å². The predicted molar refractivity (Wildman–Crippen MR) is 68.9 cm³/mol. The topological polar surface area (TPSA) is 55.2 Å². The van der Waals surface area contributed by atoms with Gasteiger partial charge in [0.2, 0.25) is 0 Å². The van der Waals surface area contributed by atoms with Crippen LogP contribution < -0.4 is 0 Å². The Morgan fingerprint density at radius 1 is 1.10 bits per heavy atom. The quantitative estimate of drug-likeness (QED) is 0.809. The van der Waals surface area contributed by atoms with Crippen molar-refractivity contribution < 1.29 is 18.4 Å². The summed E-state index contributed by atoms with van der Waals surface area (Å²) < 4.78 is 25.6. The molecular formula is C14H11F2N3O2. The van der Waals surface area contributed by atoms with E-state index in [0.29, 0.717) is 16.7 Å². The predicted octanol–water partition coefficient (Wildman–Crippen LogP) is 1.94. The van der Waals surface area contributed by atoms with Gasteiger partial charge in [0.25, 0.3) is 18.2 Å². The van der Waals surface area contributed by atoms with E-state index >= 15 is 0 Å². The van der Waals surface area contributed by atoms with Gasteiger partial charge in [0.05, 0.1) is 23.9 Å². The maximum atomic E-state index is 12.3. The summed E-state index contributed by atoms with van der Waals surface area (Å²) in [4.78, 5) is 25.4. The molecule has 0 spiro atoms. The van der Waals surface area contributed by atoms with E-state index in [0.717, 1.165) is 9.58 Å². The molecule has 1 aromatic heterocycles. The summed E-state index contributed by atoms with van der Waals surface area (Å²) in [5.41, 5.74) is 1.26. The van der Waals surface area contributed by atoms with E-state index in [9.17, 15) is 18.4 Å². The average Bonchev–Trinajstić information content (AvgIpc) is 2.98. The Bertz CT molecular complexity index is 677. The number of hydrogen-bond donors (Lipinski definition) is 0. The maximum absolute atomic E-state index is 12.3. The minimum absolute atomic E-state index is 0.0234. The number of imide groups is 1. The smallest absolute Gasteiger partial charge is 0.261 e. The van der Waals surface area contributed by atoms with Gasteiger partial charge in [-0.1, -0.05) is 12.1 Å². The van der Waals surface area contributed by atoms with Gasteiger partial charge >= 0.3 is 0 Å². The van der Waals surface area contributed by atoms with Gasteiger partial charge in [-0.2, -0.15) is 5.10 Å². The molecule has 2 heterocycles. The molecule has 1 aromatic carbocycles. The van der Waals surface area contributed by atoms with E-state index in [1.165, 1.54) is 12.4 Å². The molecular weight excluding hydrogens is 280 g/mol. The zero-order valence-corrected chi connectivity index (χ0v) is 10.9. The fourth-order valence-corrected chi connectivity index (χ4v) is 2.29. The second-order valence-corrected chi connectivity index (χ2v) is 4.70. The van der Waals surface area contributed by atoms with E-state index in [1.54, 1.807) is 24.3 Å². The number of rotatable bonds is 4. The largest absolute Gasteiger partial charge is 0.270 e. The van der Waals surface area contributed by atoms with Crippen molar-refractivity contribution in [2.45, 2.75) is 19.5 Å². The minimum Gasteiger partial charge on any atom is -0.270 e. The second kappa shape index (κ2) is 5.08. The normalized spacial score (nSPS) is 14.1. The summed E-state index contributed by atoms with van der Waals surface area (Å²) in [6.45, 7) is -0.488. The molecule has 2 aromatic rings. The molecule has 0 bridgehead atoms. The van der Waals surface area contributed by atoms with Crippen LogP contribution in [0.1, 0.15) is 26.3 Å². The number of nitrogens with zero attached hydrogens (tertiary/aromatic N) is 3. The highest BCUT2D eigenvalue weighted by Crippen LogP contribution is 2.24. The van der Waals surface area contributed by atoms with E-state index in [4.69, 9.17) is 0 Å². The van der Waals surface area contributed by atoms with E-state index < -0.39 is 13.0 Å². The van der Waals surface area contributed by atoms with Gasteiger partial charge in [0.15, 0.2) is 0 Å². The lowest BCUT2D eigenvalue weighted by Crippen LogP contribution is -2.28. The first-order valence-corrected chi connectivity index (χ1v) is 6.31. The molecule has 1 aliphatic heterocycles. The first-order valence-electron chi connectivity index (χ1n) is 6.31. The van der Waals surface area contributed by atoms with Crippen molar-refractivity contribution in [2.75, 3.05) is 0 Å². The molecule has 0 aliphatic carbocycles. The molecule has 0 radical (unpaired) electrons. The van der Waals surface area contributed by atoms with Crippen LogP contribution in [0.15, 0.2) is 36.7 Å². The maximum Gasteiger partial charge on any atom is 0.261 e. The SMILES string of the molecule is O=C1c2ccccc2C(=O)N1Cc1cnn(CC(F)F)c1. The molecule has 108 valence electrons. The van der Waals surface area contributed by atoms with Gasteiger partial charge in [-0.25, -0.2) is 8.78 Å². The Labute approximate surface area is 118 Å². The number of benzene rings is 1. The number of hydrogen-bond acceptors (Lipinski definition) is 3. The van der Waals surface area contributed by atoms with Crippen LogP contribution in [0.3, 0.4) is 0 Å². The van der Waals surface area contributed by atoms with Crippen molar-refractivity contribution >= 4 is 11.8 Å². The molecule has 0 unspecified atom stereocenters. The lowest BCUT2D eigenvalue weighted by Gasteiger charge is -2.11. The van der Waals surface area contributed by atoms with Crippen LogP contribution in [0, 0.1) is 0 Å². The Hall–Kier alpha value is -2.57. The van der Waals surface area contributed by atoms with Crippen molar-refractivity contribution in [3.63, 3.8) is 0 Å². The summed E-state index contributed by atoms with van der Waals surface area (Å²) in [6.07, 6.45) is 0.291. The number of carbonyl (C=O) groups is 2. The molecule has 0 fully saturated rings. The lowest BCUT2D eigenvalue weighted by molar-refractivity contribution is 0.0642. The number of alkyl halides is 2.